The Morgan fingerprint density at radius 1 is 1.43 bits per heavy atom. The van der Waals surface area contributed by atoms with E-state index >= 15 is 0 Å². The number of hydrogen-bond acceptors (Lipinski definition) is 3. The van der Waals surface area contributed by atoms with Gasteiger partial charge in [0.1, 0.15) is 0 Å². The van der Waals surface area contributed by atoms with Gasteiger partial charge in [-0.15, -0.1) is 0 Å². The number of β-amino-alcohol motifs (C(OH)–C–C–N with tert-alkyl or cyclic N) is 1. The third-order valence-electron chi connectivity index (χ3n) is 2.92. The van der Waals surface area contributed by atoms with Gasteiger partial charge in [-0.05, 0) is 12.8 Å². The van der Waals surface area contributed by atoms with Gasteiger partial charge in [0, 0.05) is 25.0 Å². The van der Waals surface area contributed by atoms with Crippen molar-refractivity contribution in [3.8, 4) is 0 Å². The highest BCUT2D eigenvalue weighted by molar-refractivity contribution is 5.65. The lowest BCUT2D eigenvalue weighted by molar-refractivity contribution is 0.131. The fraction of sp³-hybridized carbons (Fsp3) is 0.889. The number of carboxylic acid groups (broad SMARTS) is 1. The van der Waals surface area contributed by atoms with Crippen molar-refractivity contribution in [1.29, 1.82) is 0 Å². The van der Waals surface area contributed by atoms with Crippen LogP contribution < -0.4 is 5.32 Å². The maximum atomic E-state index is 10.6. The SMILES string of the molecule is O=C(O)N1CC(O)C(CNC2CC2)C1. The van der Waals surface area contributed by atoms with E-state index in [9.17, 15) is 9.90 Å². The van der Waals surface area contributed by atoms with Crippen LogP contribution in [0.5, 0.6) is 0 Å². The Morgan fingerprint density at radius 2 is 2.14 bits per heavy atom. The first-order valence-corrected chi connectivity index (χ1v) is 5.06. The topological polar surface area (TPSA) is 72.8 Å². The average Bonchev–Trinajstić information content (AvgIpc) is 2.87. The molecule has 0 aromatic carbocycles. The van der Waals surface area contributed by atoms with Crippen molar-refractivity contribution in [2.45, 2.75) is 25.0 Å². The summed E-state index contributed by atoms with van der Waals surface area (Å²) in [6.45, 7) is 1.44. The summed E-state index contributed by atoms with van der Waals surface area (Å²) in [6.07, 6.45) is 0.993. The van der Waals surface area contributed by atoms with E-state index in [4.69, 9.17) is 5.11 Å². The summed E-state index contributed by atoms with van der Waals surface area (Å²) in [7, 11) is 0. The normalized spacial score (nSPS) is 32.2. The predicted octanol–water partition coefficient (Wildman–Crippen LogP) is -0.291. The molecule has 0 spiro atoms. The molecule has 14 heavy (non-hydrogen) atoms. The standard InChI is InChI=1S/C9H16N2O3/c12-8-5-11(9(13)14)4-6(8)3-10-7-1-2-7/h6-8,10,12H,1-5H2,(H,13,14). The molecule has 1 aliphatic carbocycles. The Kier molecular flexibility index (Phi) is 2.60. The van der Waals surface area contributed by atoms with E-state index in [1.807, 2.05) is 0 Å². The number of carbonyl (C=O) groups is 1. The van der Waals surface area contributed by atoms with Crippen LogP contribution in [0.1, 0.15) is 12.8 Å². The zero-order valence-corrected chi connectivity index (χ0v) is 8.02. The largest absolute Gasteiger partial charge is 0.465 e. The number of aliphatic hydroxyl groups is 1. The van der Waals surface area contributed by atoms with Crippen molar-refractivity contribution in [3.05, 3.63) is 0 Å². The summed E-state index contributed by atoms with van der Waals surface area (Å²) in [5.74, 6) is 0.0618. The molecule has 2 rings (SSSR count). The molecule has 1 saturated carbocycles. The van der Waals surface area contributed by atoms with Gasteiger partial charge in [0.25, 0.3) is 0 Å². The molecule has 5 nitrogen and oxygen atoms in total. The van der Waals surface area contributed by atoms with Crippen molar-refractivity contribution >= 4 is 6.09 Å². The third-order valence-corrected chi connectivity index (χ3v) is 2.92. The summed E-state index contributed by atoms with van der Waals surface area (Å²) in [6, 6.07) is 0.612. The van der Waals surface area contributed by atoms with Gasteiger partial charge in [0.05, 0.1) is 12.6 Å². The second-order valence-corrected chi connectivity index (χ2v) is 4.20. The predicted molar refractivity (Wildman–Crippen MR) is 50.1 cm³/mol. The van der Waals surface area contributed by atoms with Crippen molar-refractivity contribution in [1.82, 2.24) is 10.2 Å². The van der Waals surface area contributed by atoms with Gasteiger partial charge in [-0.25, -0.2) is 4.79 Å². The van der Waals surface area contributed by atoms with E-state index in [1.54, 1.807) is 0 Å². The molecule has 2 atom stereocenters. The Balaban J connectivity index is 1.77. The van der Waals surface area contributed by atoms with Gasteiger partial charge < -0.3 is 20.4 Å². The molecule has 1 amide bonds. The lowest BCUT2D eigenvalue weighted by Gasteiger charge is -2.13. The molecule has 2 aliphatic rings. The van der Waals surface area contributed by atoms with Crippen molar-refractivity contribution in [2.75, 3.05) is 19.6 Å². The Bertz CT molecular complexity index is 230. The van der Waals surface area contributed by atoms with Crippen molar-refractivity contribution < 1.29 is 15.0 Å². The second kappa shape index (κ2) is 3.74. The zero-order chi connectivity index (χ0) is 10.1. The molecule has 1 heterocycles. The number of amides is 1. The number of hydrogen-bond donors (Lipinski definition) is 3. The minimum Gasteiger partial charge on any atom is -0.465 e. The molecule has 3 N–H and O–H groups in total. The van der Waals surface area contributed by atoms with Crippen molar-refractivity contribution in [2.24, 2.45) is 5.92 Å². The smallest absolute Gasteiger partial charge is 0.407 e. The van der Waals surface area contributed by atoms with Crippen molar-refractivity contribution in [3.63, 3.8) is 0 Å². The van der Waals surface area contributed by atoms with E-state index in [0.29, 0.717) is 12.6 Å². The van der Waals surface area contributed by atoms with Gasteiger partial charge in [0.2, 0.25) is 0 Å². The first-order chi connectivity index (χ1) is 6.66. The van der Waals surface area contributed by atoms with Crippen LogP contribution in [0, 0.1) is 5.92 Å². The lowest BCUT2D eigenvalue weighted by atomic mass is 10.1. The Hall–Kier alpha value is -0.810. The highest BCUT2D eigenvalue weighted by Gasteiger charge is 2.34. The monoisotopic (exact) mass is 200 g/mol. The average molecular weight is 200 g/mol. The molecule has 1 aliphatic heterocycles. The molecule has 2 fully saturated rings. The number of nitrogens with one attached hydrogen (secondary N) is 1. The molecular weight excluding hydrogens is 184 g/mol. The summed E-state index contributed by atoms with van der Waals surface area (Å²) in [4.78, 5) is 11.9. The van der Waals surface area contributed by atoms with Crippen LogP contribution in [0.15, 0.2) is 0 Å². The maximum Gasteiger partial charge on any atom is 0.407 e. The van der Waals surface area contributed by atoms with Gasteiger partial charge >= 0.3 is 6.09 Å². The number of likely N-dealkylation sites (tertiary alicyclic amines) is 1. The van der Waals surface area contributed by atoms with E-state index in [1.165, 1.54) is 17.7 Å². The van der Waals surface area contributed by atoms with Crippen LogP contribution in [0.4, 0.5) is 4.79 Å². The molecule has 0 aromatic rings. The Morgan fingerprint density at radius 3 is 2.64 bits per heavy atom. The summed E-state index contributed by atoms with van der Waals surface area (Å²) in [5, 5.41) is 21.6. The molecule has 5 heteroatoms. The van der Waals surface area contributed by atoms with Crippen LogP contribution in [-0.2, 0) is 0 Å². The Labute approximate surface area is 82.7 Å². The molecule has 0 bridgehead atoms. The van der Waals surface area contributed by atoms with E-state index in [0.717, 1.165) is 6.54 Å². The van der Waals surface area contributed by atoms with Crippen LogP contribution >= 0.6 is 0 Å². The maximum absolute atomic E-state index is 10.6. The lowest BCUT2D eigenvalue weighted by Crippen LogP contribution is -2.31. The number of aliphatic hydroxyl groups excluding tert-OH is 1. The number of rotatable bonds is 3. The van der Waals surface area contributed by atoms with Crippen LogP contribution in [0.25, 0.3) is 0 Å². The summed E-state index contributed by atoms with van der Waals surface area (Å²) >= 11 is 0. The quantitative estimate of drug-likeness (QED) is 0.585. The van der Waals surface area contributed by atoms with Gasteiger partial charge in [-0.1, -0.05) is 0 Å². The van der Waals surface area contributed by atoms with Gasteiger partial charge in [-0.3, -0.25) is 0 Å². The minimum absolute atomic E-state index is 0.0618. The molecule has 0 radical (unpaired) electrons. The molecule has 80 valence electrons. The first-order valence-electron chi connectivity index (χ1n) is 5.06. The molecule has 1 saturated heterocycles. The zero-order valence-electron chi connectivity index (χ0n) is 8.02. The highest BCUT2D eigenvalue weighted by Crippen LogP contribution is 2.21. The highest BCUT2D eigenvalue weighted by atomic mass is 16.4. The summed E-state index contributed by atoms with van der Waals surface area (Å²) < 4.78 is 0. The van der Waals surface area contributed by atoms with E-state index in [2.05, 4.69) is 5.32 Å². The van der Waals surface area contributed by atoms with Crippen LogP contribution in [0.2, 0.25) is 0 Å². The molecule has 0 aromatic heterocycles. The molecular formula is C9H16N2O3. The fourth-order valence-corrected chi connectivity index (χ4v) is 1.82. The van der Waals surface area contributed by atoms with E-state index < -0.39 is 12.2 Å². The van der Waals surface area contributed by atoms with Gasteiger partial charge in [0.15, 0.2) is 0 Å². The van der Waals surface area contributed by atoms with Crippen LogP contribution in [-0.4, -0.2) is 53.0 Å². The molecule has 2 unspecified atom stereocenters. The second-order valence-electron chi connectivity index (χ2n) is 4.20. The minimum atomic E-state index is -0.932. The third kappa shape index (κ3) is 2.16. The van der Waals surface area contributed by atoms with Crippen LogP contribution in [0.3, 0.4) is 0 Å². The first kappa shape index (κ1) is 9.73. The fourth-order valence-electron chi connectivity index (χ4n) is 1.82. The van der Waals surface area contributed by atoms with E-state index in [-0.39, 0.29) is 12.5 Å². The van der Waals surface area contributed by atoms with Gasteiger partial charge in [-0.2, -0.15) is 0 Å². The number of nitrogens with zero attached hydrogens (tertiary/aromatic N) is 1. The summed E-state index contributed by atoms with van der Waals surface area (Å²) in [5.41, 5.74) is 0.